The van der Waals surface area contributed by atoms with E-state index >= 15 is 0 Å². The van der Waals surface area contributed by atoms with Gasteiger partial charge in [0.15, 0.2) is 0 Å². The van der Waals surface area contributed by atoms with Crippen LogP contribution in [-0.4, -0.2) is 32.5 Å². The van der Waals surface area contributed by atoms with Crippen LogP contribution in [0.1, 0.15) is 23.7 Å². The molecule has 23 heavy (non-hydrogen) atoms. The summed E-state index contributed by atoms with van der Waals surface area (Å²) in [6.45, 7) is 4.36. The van der Waals surface area contributed by atoms with E-state index in [2.05, 4.69) is 43.5 Å². The molecule has 0 saturated carbocycles. The Morgan fingerprint density at radius 2 is 2.09 bits per heavy atom. The van der Waals surface area contributed by atoms with E-state index < -0.39 is 0 Å². The highest BCUT2D eigenvalue weighted by Gasteiger charge is 2.46. The van der Waals surface area contributed by atoms with Gasteiger partial charge < -0.3 is 4.57 Å². The highest BCUT2D eigenvalue weighted by atomic mass is 32.1. The van der Waals surface area contributed by atoms with Crippen molar-refractivity contribution in [3.8, 4) is 10.6 Å². The third-order valence-electron chi connectivity index (χ3n) is 5.19. The predicted octanol–water partition coefficient (Wildman–Crippen LogP) is 3.62. The van der Waals surface area contributed by atoms with Crippen molar-refractivity contribution in [1.29, 1.82) is 0 Å². The molecular formula is C17H18N4S2. The Bertz CT molecular complexity index is 806. The number of rotatable bonds is 3. The summed E-state index contributed by atoms with van der Waals surface area (Å²) in [5.74, 6) is 1.31. The Morgan fingerprint density at radius 3 is 2.91 bits per heavy atom. The van der Waals surface area contributed by atoms with Crippen molar-refractivity contribution in [3.63, 3.8) is 0 Å². The van der Waals surface area contributed by atoms with Gasteiger partial charge in [-0.15, -0.1) is 22.7 Å². The molecule has 5 rings (SSSR count). The van der Waals surface area contributed by atoms with Gasteiger partial charge in [0.1, 0.15) is 10.8 Å². The zero-order valence-electron chi connectivity index (χ0n) is 12.8. The number of thiophene rings is 1. The molecule has 3 aromatic rings. The molecule has 6 heteroatoms. The van der Waals surface area contributed by atoms with Crippen molar-refractivity contribution in [3.05, 3.63) is 46.1 Å². The van der Waals surface area contributed by atoms with Crippen LogP contribution in [0.15, 0.2) is 35.3 Å². The summed E-state index contributed by atoms with van der Waals surface area (Å²) in [4.78, 5) is 13.2. The summed E-state index contributed by atoms with van der Waals surface area (Å²) < 4.78 is 2.46. The smallest absolute Gasteiger partial charge is 0.116 e. The Labute approximate surface area is 143 Å². The minimum Gasteiger partial charge on any atom is -0.327 e. The second kappa shape index (κ2) is 5.26. The third-order valence-corrected chi connectivity index (χ3v) is 6.85. The molecule has 1 saturated heterocycles. The average Bonchev–Trinajstić information content (AvgIpc) is 3.33. The van der Waals surface area contributed by atoms with Gasteiger partial charge in [-0.3, -0.25) is 4.90 Å². The molecule has 1 fully saturated rings. The average molecular weight is 342 g/mol. The maximum atomic E-state index is 4.85. The van der Waals surface area contributed by atoms with E-state index in [0.717, 1.165) is 26.2 Å². The summed E-state index contributed by atoms with van der Waals surface area (Å²) in [6, 6.07) is 4.32. The molecule has 5 heterocycles. The van der Waals surface area contributed by atoms with Crippen molar-refractivity contribution in [2.24, 2.45) is 0 Å². The van der Waals surface area contributed by atoms with E-state index in [-0.39, 0.29) is 5.41 Å². The van der Waals surface area contributed by atoms with Gasteiger partial charge in [-0.1, -0.05) is 6.07 Å². The van der Waals surface area contributed by atoms with E-state index in [1.165, 1.54) is 34.2 Å². The molecule has 1 spiro atoms. The number of hydrogen-bond acceptors (Lipinski definition) is 5. The monoisotopic (exact) mass is 342 g/mol. The van der Waals surface area contributed by atoms with Gasteiger partial charge in [-0.2, -0.15) is 0 Å². The molecule has 0 aromatic carbocycles. The molecule has 2 aliphatic heterocycles. The summed E-state index contributed by atoms with van der Waals surface area (Å²) >= 11 is 3.56. The van der Waals surface area contributed by atoms with E-state index in [4.69, 9.17) is 4.98 Å². The zero-order chi connectivity index (χ0) is 15.3. The number of fused-ring (bicyclic) bond motifs is 2. The SMILES string of the molecule is c1csc(-c2cnc3n2CC[C@]32CCN(Cc3nccs3)C2)c1. The van der Waals surface area contributed by atoms with Crippen LogP contribution in [-0.2, 0) is 18.5 Å². The van der Waals surface area contributed by atoms with Crippen molar-refractivity contribution in [2.45, 2.75) is 31.3 Å². The van der Waals surface area contributed by atoms with Crippen LogP contribution in [0.25, 0.3) is 10.6 Å². The molecule has 0 radical (unpaired) electrons. The molecular weight excluding hydrogens is 324 g/mol. The van der Waals surface area contributed by atoms with Gasteiger partial charge in [0.25, 0.3) is 0 Å². The van der Waals surface area contributed by atoms with Crippen molar-refractivity contribution in [2.75, 3.05) is 13.1 Å². The Morgan fingerprint density at radius 1 is 1.13 bits per heavy atom. The fourth-order valence-electron chi connectivity index (χ4n) is 4.09. The largest absolute Gasteiger partial charge is 0.327 e. The third kappa shape index (κ3) is 2.20. The van der Waals surface area contributed by atoms with E-state index in [9.17, 15) is 0 Å². The van der Waals surface area contributed by atoms with Gasteiger partial charge >= 0.3 is 0 Å². The molecule has 118 valence electrons. The van der Waals surface area contributed by atoms with Gasteiger partial charge in [0, 0.05) is 30.1 Å². The lowest BCUT2D eigenvalue weighted by Crippen LogP contribution is -2.29. The highest BCUT2D eigenvalue weighted by molar-refractivity contribution is 7.13. The second-order valence-electron chi connectivity index (χ2n) is 6.51. The predicted molar refractivity (Wildman–Crippen MR) is 93.8 cm³/mol. The van der Waals surface area contributed by atoms with Gasteiger partial charge in [-0.25, -0.2) is 9.97 Å². The molecule has 0 unspecified atom stereocenters. The zero-order valence-corrected chi connectivity index (χ0v) is 14.4. The van der Waals surface area contributed by atoms with Crippen LogP contribution < -0.4 is 0 Å². The van der Waals surface area contributed by atoms with Gasteiger partial charge in [0.05, 0.1) is 23.3 Å². The van der Waals surface area contributed by atoms with Crippen LogP contribution in [0.4, 0.5) is 0 Å². The minimum atomic E-state index is 0.257. The quantitative estimate of drug-likeness (QED) is 0.729. The maximum absolute atomic E-state index is 4.85. The maximum Gasteiger partial charge on any atom is 0.116 e. The van der Waals surface area contributed by atoms with Crippen LogP contribution in [0, 0.1) is 0 Å². The topological polar surface area (TPSA) is 34.0 Å². The molecule has 0 amide bonds. The number of hydrogen-bond donors (Lipinski definition) is 0. The number of likely N-dealkylation sites (tertiary alicyclic amines) is 1. The van der Waals surface area contributed by atoms with Crippen LogP contribution in [0.3, 0.4) is 0 Å². The molecule has 4 nitrogen and oxygen atoms in total. The van der Waals surface area contributed by atoms with Crippen molar-refractivity contribution in [1.82, 2.24) is 19.4 Å². The Hall–Kier alpha value is -1.50. The lowest BCUT2D eigenvalue weighted by atomic mass is 9.85. The Balaban J connectivity index is 1.42. The van der Waals surface area contributed by atoms with Gasteiger partial charge in [-0.05, 0) is 30.8 Å². The highest BCUT2D eigenvalue weighted by Crippen LogP contribution is 2.44. The number of nitrogens with zero attached hydrogens (tertiary/aromatic N) is 4. The van der Waals surface area contributed by atoms with E-state index in [1.807, 2.05) is 6.20 Å². The first kappa shape index (κ1) is 13.9. The first-order chi connectivity index (χ1) is 11.3. The van der Waals surface area contributed by atoms with E-state index in [1.54, 1.807) is 22.7 Å². The fraction of sp³-hybridized carbons (Fsp3) is 0.412. The Kier molecular flexibility index (Phi) is 3.18. The lowest BCUT2D eigenvalue weighted by molar-refractivity contribution is 0.299. The lowest BCUT2D eigenvalue weighted by Gasteiger charge is -2.22. The molecule has 2 aliphatic rings. The van der Waals surface area contributed by atoms with Crippen LogP contribution >= 0.6 is 22.7 Å². The number of aromatic nitrogens is 3. The molecule has 0 N–H and O–H groups in total. The molecule has 0 bridgehead atoms. The summed E-state index contributed by atoms with van der Waals surface area (Å²) in [6.07, 6.45) is 6.43. The fourth-order valence-corrected chi connectivity index (χ4v) is 5.49. The molecule has 0 aliphatic carbocycles. The molecule has 3 aromatic heterocycles. The van der Waals surface area contributed by atoms with Crippen molar-refractivity contribution < 1.29 is 0 Å². The molecule has 1 atom stereocenters. The normalized spacial score (nSPS) is 23.8. The van der Waals surface area contributed by atoms with E-state index in [0.29, 0.717) is 0 Å². The second-order valence-corrected chi connectivity index (χ2v) is 8.44. The first-order valence-corrected chi connectivity index (χ1v) is 9.81. The van der Waals surface area contributed by atoms with Crippen LogP contribution in [0.2, 0.25) is 0 Å². The minimum absolute atomic E-state index is 0.257. The number of thiazole rings is 1. The summed E-state index contributed by atoms with van der Waals surface area (Å²) in [5.41, 5.74) is 1.55. The standard InChI is InChI=1S/C17H18N4S2/c1-2-14(22-8-1)13-10-19-16-17(4-7-21(13)16)3-6-20(12-17)11-15-18-5-9-23-15/h1-2,5,8-10H,3-4,6-7,11-12H2/t17-/m0/s1. The summed E-state index contributed by atoms with van der Waals surface area (Å²) in [7, 11) is 0. The first-order valence-electron chi connectivity index (χ1n) is 8.05. The summed E-state index contributed by atoms with van der Waals surface area (Å²) in [5, 5.41) is 5.44. The van der Waals surface area contributed by atoms with Crippen molar-refractivity contribution >= 4 is 22.7 Å². The van der Waals surface area contributed by atoms with Gasteiger partial charge in [0.2, 0.25) is 0 Å². The number of imidazole rings is 1. The van der Waals surface area contributed by atoms with Crippen LogP contribution in [0.5, 0.6) is 0 Å².